The number of methoxy groups -OCH3 is 1. The number of hydrogen-bond acceptors (Lipinski definition) is 3. The van der Waals surface area contributed by atoms with Crippen LogP contribution in [0.25, 0.3) is 10.8 Å². The van der Waals surface area contributed by atoms with E-state index in [-0.39, 0.29) is 24.2 Å². The van der Waals surface area contributed by atoms with E-state index in [0.717, 1.165) is 35.4 Å². The van der Waals surface area contributed by atoms with E-state index in [1.807, 2.05) is 36.4 Å². The van der Waals surface area contributed by atoms with Gasteiger partial charge in [0.25, 0.3) is 0 Å². The lowest BCUT2D eigenvalue weighted by atomic mass is 10.0. The van der Waals surface area contributed by atoms with Crippen molar-refractivity contribution in [3.05, 3.63) is 65.7 Å². The van der Waals surface area contributed by atoms with Crippen molar-refractivity contribution in [2.75, 3.05) is 23.9 Å². The Morgan fingerprint density at radius 1 is 1.03 bits per heavy atom. The van der Waals surface area contributed by atoms with E-state index < -0.39 is 0 Å². The van der Waals surface area contributed by atoms with Gasteiger partial charge in [-0.3, -0.25) is 9.59 Å². The highest BCUT2D eigenvalue weighted by atomic mass is 16.5. The predicted molar refractivity (Wildman–Crippen MR) is 113 cm³/mol. The first-order chi connectivity index (χ1) is 14.1. The van der Waals surface area contributed by atoms with Gasteiger partial charge in [-0.1, -0.05) is 24.3 Å². The Hall–Kier alpha value is -3.34. The molecule has 1 atom stereocenters. The Balaban J connectivity index is 1.36. The van der Waals surface area contributed by atoms with Crippen LogP contribution < -0.4 is 15.0 Å². The third-order valence-corrected chi connectivity index (χ3v) is 6.01. The number of carbonyl (C=O) groups is 2. The standard InChI is InChI=1S/C24H22N2O3/c1-29-19-10-8-18(9-11-19)26-14-17(13-22(26)27)24(28)25-21-12-7-16-6-5-15-3-2-4-20(21)23(15)16/h2-4,7-12,17H,5-6,13-14H2,1H3,(H,25,28)/t17-/m1/s1. The molecule has 3 aromatic carbocycles. The van der Waals surface area contributed by atoms with Crippen molar-refractivity contribution in [2.45, 2.75) is 19.3 Å². The molecular weight excluding hydrogens is 364 g/mol. The first kappa shape index (κ1) is 17.7. The van der Waals surface area contributed by atoms with Crippen molar-refractivity contribution >= 4 is 34.0 Å². The molecule has 0 saturated carbocycles. The molecule has 146 valence electrons. The minimum Gasteiger partial charge on any atom is -0.497 e. The van der Waals surface area contributed by atoms with E-state index in [1.165, 1.54) is 16.5 Å². The zero-order chi connectivity index (χ0) is 20.0. The lowest BCUT2D eigenvalue weighted by Gasteiger charge is -2.17. The summed E-state index contributed by atoms with van der Waals surface area (Å²) in [5.74, 6) is 0.234. The fourth-order valence-electron chi connectivity index (χ4n) is 4.49. The normalized spacial score (nSPS) is 17.8. The number of hydrogen-bond donors (Lipinski definition) is 1. The van der Waals surface area contributed by atoms with Crippen LogP contribution in [0.5, 0.6) is 5.75 Å². The summed E-state index contributed by atoms with van der Waals surface area (Å²) in [4.78, 5) is 27.2. The zero-order valence-corrected chi connectivity index (χ0v) is 16.3. The molecular formula is C24H22N2O3. The van der Waals surface area contributed by atoms with Gasteiger partial charge in [0.15, 0.2) is 0 Å². The molecule has 1 heterocycles. The van der Waals surface area contributed by atoms with Crippen LogP contribution >= 0.6 is 0 Å². The molecule has 1 aliphatic heterocycles. The van der Waals surface area contributed by atoms with Crippen LogP contribution in [0.1, 0.15) is 17.5 Å². The lowest BCUT2D eigenvalue weighted by molar-refractivity contribution is -0.122. The largest absolute Gasteiger partial charge is 0.497 e. The Bertz CT molecular complexity index is 1110. The summed E-state index contributed by atoms with van der Waals surface area (Å²) in [5.41, 5.74) is 4.30. The van der Waals surface area contributed by atoms with Gasteiger partial charge >= 0.3 is 0 Å². The van der Waals surface area contributed by atoms with Crippen molar-refractivity contribution in [1.29, 1.82) is 0 Å². The molecule has 1 fully saturated rings. The molecule has 3 aromatic rings. The van der Waals surface area contributed by atoms with E-state index in [1.54, 1.807) is 12.0 Å². The van der Waals surface area contributed by atoms with Crippen molar-refractivity contribution in [3.63, 3.8) is 0 Å². The minimum absolute atomic E-state index is 0.0317. The van der Waals surface area contributed by atoms with E-state index in [0.29, 0.717) is 6.54 Å². The molecule has 1 saturated heterocycles. The highest BCUT2D eigenvalue weighted by Gasteiger charge is 2.35. The average molecular weight is 386 g/mol. The summed E-state index contributed by atoms with van der Waals surface area (Å²) >= 11 is 0. The molecule has 2 amide bonds. The average Bonchev–Trinajstić information content (AvgIpc) is 3.35. The number of rotatable bonds is 4. The molecule has 1 aliphatic carbocycles. The van der Waals surface area contributed by atoms with Crippen molar-refractivity contribution in [1.82, 2.24) is 0 Å². The molecule has 0 bridgehead atoms. The molecule has 0 unspecified atom stereocenters. The second-order valence-electron chi connectivity index (χ2n) is 7.70. The fraction of sp³-hybridized carbons (Fsp3) is 0.250. The Morgan fingerprint density at radius 3 is 2.55 bits per heavy atom. The summed E-state index contributed by atoms with van der Waals surface area (Å²) in [7, 11) is 1.61. The molecule has 0 aromatic heterocycles. The molecule has 5 rings (SSSR count). The van der Waals surface area contributed by atoms with Crippen LogP contribution in [0.4, 0.5) is 11.4 Å². The van der Waals surface area contributed by atoms with Crippen LogP contribution in [-0.2, 0) is 22.4 Å². The van der Waals surface area contributed by atoms with Crippen molar-refractivity contribution < 1.29 is 14.3 Å². The van der Waals surface area contributed by atoms with E-state index in [4.69, 9.17) is 4.74 Å². The van der Waals surface area contributed by atoms with Gasteiger partial charge in [-0.05, 0) is 59.7 Å². The van der Waals surface area contributed by atoms with Gasteiger partial charge in [-0.2, -0.15) is 0 Å². The third-order valence-electron chi connectivity index (χ3n) is 6.01. The molecule has 29 heavy (non-hydrogen) atoms. The fourth-order valence-corrected chi connectivity index (χ4v) is 4.49. The molecule has 0 radical (unpaired) electrons. The first-order valence-corrected chi connectivity index (χ1v) is 9.93. The van der Waals surface area contributed by atoms with Crippen LogP contribution in [-0.4, -0.2) is 25.5 Å². The smallest absolute Gasteiger partial charge is 0.229 e. The Labute approximate surface area is 169 Å². The molecule has 1 N–H and O–H groups in total. The van der Waals surface area contributed by atoms with E-state index in [2.05, 4.69) is 23.5 Å². The third kappa shape index (κ3) is 3.03. The number of nitrogens with one attached hydrogen (secondary N) is 1. The number of aryl methyl sites for hydroxylation is 2. The van der Waals surface area contributed by atoms with Crippen LogP contribution in [0.15, 0.2) is 54.6 Å². The van der Waals surface area contributed by atoms with Crippen molar-refractivity contribution in [2.24, 2.45) is 5.92 Å². The summed E-state index contributed by atoms with van der Waals surface area (Å²) in [6.07, 6.45) is 2.33. The van der Waals surface area contributed by atoms with Crippen LogP contribution in [0, 0.1) is 5.92 Å². The van der Waals surface area contributed by atoms with Gasteiger partial charge in [0.05, 0.1) is 13.0 Å². The maximum absolute atomic E-state index is 13.0. The predicted octanol–water partition coefficient (Wildman–Crippen LogP) is 3.94. The molecule has 2 aliphatic rings. The Morgan fingerprint density at radius 2 is 1.79 bits per heavy atom. The number of carbonyl (C=O) groups excluding carboxylic acids is 2. The SMILES string of the molecule is COc1ccc(N2C[C@H](C(=O)Nc3ccc4c5c(cccc35)CC4)CC2=O)cc1. The number of nitrogens with zero attached hydrogens (tertiary/aromatic N) is 1. The van der Waals surface area contributed by atoms with E-state index in [9.17, 15) is 9.59 Å². The second kappa shape index (κ2) is 6.92. The van der Waals surface area contributed by atoms with Gasteiger partial charge < -0.3 is 15.0 Å². The Kier molecular flexibility index (Phi) is 4.23. The maximum atomic E-state index is 13.0. The summed E-state index contributed by atoms with van der Waals surface area (Å²) in [6.45, 7) is 0.387. The van der Waals surface area contributed by atoms with Gasteiger partial charge in [-0.25, -0.2) is 0 Å². The first-order valence-electron chi connectivity index (χ1n) is 9.93. The second-order valence-corrected chi connectivity index (χ2v) is 7.70. The number of anilines is 2. The maximum Gasteiger partial charge on any atom is 0.229 e. The number of ether oxygens (including phenoxy) is 1. The van der Waals surface area contributed by atoms with Crippen LogP contribution in [0.3, 0.4) is 0 Å². The molecule has 5 nitrogen and oxygen atoms in total. The minimum atomic E-state index is -0.368. The van der Waals surface area contributed by atoms with Gasteiger partial charge in [0, 0.05) is 29.7 Å². The topological polar surface area (TPSA) is 58.6 Å². The summed E-state index contributed by atoms with van der Waals surface area (Å²) in [6, 6.07) is 17.7. The highest BCUT2D eigenvalue weighted by molar-refractivity contribution is 6.08. The highest BCUT2D eigenvalue weighted by Crippen LogP contribution is 2.35. The van der Waals surface area contributed by atoms with Gasteiger partial charge in [0.1, 0.15) is 5.75 Å². The molecule has 5 heteroatoms. The van der Waals surface area contributed by atoms with Gasteiger partial charge in [-0.15, -0.1) is 0 Å². The van der Waals surface area contributed by atoms with Gasteiger partial charge in [0.2, 0.25) is 11.8 Å². The zero-order valence-electron chi connectivity index (χ0n) is 16.3. The summed E-state index contributed by atoms with van der Waals surface area (Å²) in [5, 5.41) is 5.44. The summed E-state index contributed by atoms with van der Waals surface area (Å²) < 4.78 is 5.17. The quantitative estimate of drug-likeness (QED) is 0.739. The number of benzene rings is 3. The van der Waals surface area contributed by atoms with Crippen LogP contribution in [0.2, 0.25) is 0 Å². The lowest BCUT2D eigenvalue weighted by Crippen LogP contribution is -2.28. The van der Waals surface area contributed by atoms with Crippen molar-refractivity contribution in [3.8, 4) is 5.75 Å². The van der Waals surface area contributed by atoms with E-state index >= 15 is 0 Å². The monoisotopic (exact) mass is 386 g/mol. The number of amides is 2. The molecule has 0 spiro atoms.